The number of aryl methyl sites for hydroxylation is 2. The molecule has 0 unspecified atom stereocenters. The second-order valence-corrected chi connectivity index (χ2v) is 4.15. The quantitative estimate of drug-likeness (QED) is 0.659. The number of aromatic nitrogens is 2. The Balaban J connectivity index is 2.17. The molecule has 4 nitrogen and oxygen atoms in total. The molecule has 16 heavy (non-hydrogen) atoms. The minimum Gasteiger partial charge on any atom is -0.254 e. The monoisotopic (exact) mass is 212 g/mol. The van der Waals surface area contributed by atoms with Gasteiger partial charge in [-0.1, -0.05) is 0 Å². The molecule has 0 saturated carbocycles. The van der Waals surface area contributed by atoms with E-state index in [1.165, 1.54) is 0 Å². The lowest BCUT2D eigenvalue weighted by atomic mass is 10.0. The minimum atomic E-state index is 0.746. The fraction of sp³-hybridized carbons (Fsp3) is 0.333. The van der Waals surface area contributed by atoms with Gasteiger partial charge in [0.1, 0.15) is 5.84 Å². The van der Waals surface area contributed by atoms with Crippen molar-refractivity contribution in [2.45, 2.75) is 27.2 Å². The molecule has 1 aliphatic heterocycles. The smallest absolute Gasteiger partial charge is 0.126 e. The zero-order chi connectivity index (χ0) is 11.3. The van der Waals surface area contributed by atoms with Crippen molar-refractivity contribution in [2.24, 2.45) is 9.98 Å². The van der Waals surface area contributed by atoms with Gasteiger partial charge in [-0.15, -0.1) is 0 Å². The first-order chi connectivity index (χ1) is 7.63. The van der Waals surface area contributed by atoms with Crippen LogP contribution in [0, 0.1) is 13.8 Å². The van der Waals surface area contributed by atoms with Gasteiger partial charge in [-0.25, -0.2) is 15.0 Å². The number of fused-ring (bicyclic) bond motifs is 2. The molecule has 0 radical (unpaired) electrons. The third-order valence-corrected chi connectivity index (χ3v) is 2.89. The van der Waals surface area contributed by atoms with Crippen molar-refractivity contribution in [2.75, 3.05) is 0 Å². The van der Waals surface area contributed by atoms with E-state index in [2.05, 4.69) is 20.0 Å². The van der Waals surface area contributed by atoms with Gasteiger partial charge in [-0.3, -0.25) is 4.98 Å². The Labute approximate surface area is 93.9 Å². The molecule has 0 saturated heterocycles. The lowest BCUT2D eigenvalue weighted by molar-refractivity contribution is 0.964. The van der Waals surface area contributed by atoms with Crippen LogP contribution in [0.2, 0.25) is 0 Å². The molecular weight excluding hydrogens is 200 g/mol. The Bertz CT molecular complexity index is 579. The van der Waals surface area contributed by atoms with E-state index in [0.717, 1.165) is 46.4 Å². The zero-order valence-corrected chi connectivity index (χ0v) is 9.57. The van der Waals surface area contributed by atoms with Crippen LogP contribution in [0.4, 0.5) is 0 Å². The first kappa shape index (κ1) is 9.39. The Morgan fingerprint density at radius 3 is 2.56 bits per heavy atom. The maximum atomic E-state index is 4.56. The van der Waals surface area contributed by atoms with Crippen molar-refractivity contribution >= 4 is 17.6 Å². The van der Waals surface area contributed by atoms with Gasteiger partial charge in [0.05, 0.1) is 34.2 Å². The second-order valence-electron chi connectivity index (χ2n) is 4.15. The number of amidine groups is 1. The molecule has 3 rings (SSSR count). The molecule has 0 spiro atoms. The van der Waals surface area contributed by atoms with Gasteiger partial charge >= 0.3 is 0 Å². The molecule has 0 aromatic carbocycles. The predicted octanol–water partition coefficient (Wildman–Crippen LogP) is 1.86. The lowest BCUT2D eigenvalue weighted by Crippen LogP contribution is -2.14. The van der Waals surface area contributed by atoms with Crippen LogP contribution >= 0.6 is 0 Å². The highest BCUT2D eigenvalue weighted by molar-refractivity contribution is 6.16. The van der Waals surface area contributed by atoms with Crippen molar-refractivity contribution in [1.82, 2.24) is 9.97 Å². The average molecular weight is 212 g/mol. The zero-order valence-electron chi connectivity index (χ0n) is 9.57. The van der Waals surface area contributed by atoms with Crippen molar-refractivity contribution in [3.63, 3.8) is 0 Å². The third kappa shape index (κ3) is 1.30. The van der Waals surface area contributed by atoms with E-state index >= 15 is 0 Å². The Morgan fingerprint density at radius 1 is 1.00 bits per heavy atom. The van der Waals surface area contributed by atoms with E-state index in [0.29, 0.717) is 0 Å². The van der Waals surface area contributed by atoms with Crippen LogP contribution in [0.5, 0.6) is 0 Å². The van der Waals surface area contributed by atoms with E-state index in [-0.39, 0.29) is 0 Å². The number of aliphatic imine (C=N–C) groups is 2. The number of nitrogens with zero attached hydrogens (tertiary/aromatic N) is 4. The number of hydrogen-bond acceptors (Lipinski definition) is 4. The summed E-state index contributed by atoms with van der Waals surface area (Å²) in [4.78, 5) is 17.9. The van der Waals surface area contributed by atoms with Crippen LogP contribution in [0.25, 0.3) is 6.08 Å². The van der Waals surface area contributed by atoms with E-state index in [1.54, 1.807) is 0 Å². The topological polar surface area (TPSA) is 50.5 Å². The molecule has 1 aromatic rings. The third-order valence-electron chi connectivity index (χ3n) is 2.89. The van der Waals surface area contributed by atoms with E-state index < -0.39 is 0 Å². The maximum absolute atomic E-state index is 4.56. The van der Waals surface area contributed by atoms with Gasteiger partial charge in [0, 0.05) is 6.42 Å². The molecule has 0 bridgehead atoms. The Hall–Kier alpha value is -1.84. The summed E-state index contributed by atoms with van der Waals surface area (Å²) >= 11 is 0. The standard InChI is InChI=1S/C12H12N4/c1-6-7(2)14-10-5-12-11(4-9(10)13-6)15-8(3)16-12/h4H,5H2,1-3H3. The molecule has 0 amide bonds. The molecular formula is C12H12N4. The van der Waals surface area contributed by atoms with Crippen LogP contribution in [0.3, 0.4) is 0 Å². The molecule has 4 heteroatoms. The van der Waals surface area contributed by atoms with E-state index in [4.69, 9.17) is 0 Å². The maximum Gasteiger partial charge on any atom is 0.126 e. The minimum absolute atomic E-state index is 0.746. The summed E-state index contributed by atoms with van der Waals surface area (Å²) in [6.45, 7) is 5.88. The first-order valence-corrected chi connectivity index (χ1v) is 5.32. The number of allylic oxidation sites excluding steroid dienone is 1. The van der Waals surface area contributed by atoms with Crippen LogP contribution in [0.1, 0.15) is 29.7 Å². The molecule has 2 aliphatic rings. The first-order valence-electron chi connectivity index (χ1n) is 5.32. The van der Waals surface area contributed by atoms with Gasteiger partial charge in [0.25, 0.3) is 0 Å². The van der Waals surface area contributed by atoms with E-state index in [9.17, 15) is 0 Å². The van der Waals surface area contributed by atoms with E-state index in [1.807, 2.05) is 26.8 Å². The van der Waals surface area contributed by atoms with Crippen molar-refractivity contribution in [1.29, 1.82) is 0 Å². The Kier molecular flexibility index (Phi) is 1.80. The van der Waals surface area contributed by atoms with Crippen LogP contribution in [0.15, 0.2) is 15.7 Å². The van der Waals surface area contributed by atoms with Crippen LogP contribution < -0.4 is 0 Å². The average Bonchev–Trinajstić information content (AvgIpc) is 2.56. The molecule has 0 atom stereocenters. The predicted molar refractivity (Wildman–Crippen MR) is 63.7 cm³/mol. The van der Waals surface area contributed by atoms with Gasteiger partial charge in [-0.05, 0) is 26.8 Å². The molecule has 80 valence electrons. The summed E-state index contributed by atoms with van der Waals surface area (Å²) in [7, 11) is 0. The number of rotatable bonds is 0. The fourth-order valence-corrected chi connectivity index (χ4v) is 1.96. The van der Waals surface area contributed by atoms with Crippen molar-refractivity contribution in [3.8, 4) is 0 Å². The molecule has 1 aliphatic carbocycles. The normalized spacial score (nSPS) is 17.3. The highest BCUT2D eigenvalue weighted by atomic mass is 15.0. The molecule has 2 heterocycles. The summed E-state index contributed by atoms with van der Waals surface area (Å²) in [5, 5.41) is 0. The van der Waals surface area contributed by atoms with Crippen molar-refractivity contribution < 1.29 is 0 Å². The van der Waals surface area contributed by atoms with Gasteiger partial charge < -0.3 is 0 Å². The van der Waals surface area contributed by atoms with Crippen LogP contribution in [-0.2, 0) is 6.42 Å². The van der Waals surface area contributed by atoms with Crippen LogP contribution in [-0.4, -0.2) is 21.5 Å². The largest absolute Gasteiger partial charge is 0.254 e. The summed E-state index contributed by atoms with van der Waals surface area (Å²) in [6.07, 6.45) is 2.73. The second kappa shape index (κ2) is 3.07. The fourth-order valence-electron chi connectivity index (χ4n) is 1.96. The highest BCUT2D eigenvalue weighted by Gasteiger charge is 2.22. The molecule has 1 aromatic heterocycles. The molecule has 0 fully saturated rings. The lowest BCUT2D eigenvalue weighted by Gasteiger charge is -2.13. The molecule has 0 N–H and O–H groups in total. The van der Waals surface area contributed by atoms with Crippen molar-refractivity contribution in [3.05, 3.63) is 28.5 Å². The summed E-state index contributed by atoms with van der Waals surface area (Å²) in [6, 6.07) is 0. The summed E-state index contributed by atoms with van der Waals surface area (Å²) < 4.78 is 0. The van der Waals surface area contributed by atoms with Gasteiger partial charge in [0.2, 0.25) is 0 Å². The van der Waals surface area contributed by atoms with Gasteiger partial charge in [0.15, 0.2) is 0 Å². The summed E-state index contributed by atoms with van der Waals surface area (Å²) in [5.74, 6) is 0.822. The number of hydrogen-bond donors (Lipinski definition) is 0. The van der Waals surface area contributed by atoms with Gasteiger partial charge in [-0.2, -0.15) is 0 Å². The highest BCUT2D eigenvalue weighted by Crippen LogP contribution is 2.24. The SMILES string of the molecule is CC1=NC2=Cc3nc(C)c(C)nc3CC2=N1. The Morgan fingerprint density at radius 2 is 1.75 bits per heavy atom. The summed E-state index contributed by atoms with van der Waals surface area (Å²) in [5.41, 5.74) is 5.89.